The van der Waals surface area contributed by atoms with Gasteiger partial charge in [0.1, 0.15) is 54.3 Å². The van der Waals surface area contributed by atoms with Crippen LogP contribution in [0.3, 0.4) is 0 Å². The Morgan fingerprint density at radius 1 is 0.532 bits per heavy atom. The van der Waals surface area contributed by atoms with Gasteiger partial charge in [-0.1, -0.05) is 134 Å². The maximum Gasteiger partial charge on any atom is 1.00 e. The first-order valence-electron chi connectivity index (χ1n) is 46.6. The first kappa shape index (κ1) is 132. The molecule has 770 valence electrons. The van der Waals surface area contributed by atoms with Gasteiger partial charge in [0.15, 0.2) is 0 Å². The summed E-state index contributed by atoms with van der Waals surface area (Å²) in [7, 11) is 15.8. The first-order valence-corrected chi connectivity index (χ1v) is 47.8. The van der Waals surface area contributed by atoms with E-state index < -0.39 is 77.0 Å². The Hall–Kier alpha value is -7.18. The second-order valence-corrected chi connectivity index (χ2v) is 37.5. The van der Waals surface area contributed by atoms with Crippen molar-refractivity contribution in [1.29, 1.82) is 5.26 Å². The molecule has 5 atom stereocenters. The fraction of sp³-hybridized carbons (Fsp3) is 0.619. The van der Waals surface area contributed by atoms with Crippen LogP contribution in [0.15, 0.2) is 116 Å². The van der Waals surface area contributed by atoms with Crippen LogP contribution >= 0.6 is 34.2 Å². The summed E-state index contributed by atoms with van der Waals surface area (Å²) in [5, 5.41) is 35.2. The van der Waals surface area contributed by atoms with E-state index in [2.05, 4.69) is 88.3 Å². The molecule has 0 radical (unpaired) electrons. The number of nitriles is 1. The summed E-state index contributed by atoms with van der Waals surface area (Å²) in [6.07, 6.45) is 11.2. The van der Waals surface area contributed by atoms with E-state index in [1.54, 1.807) is 121 Å². The van der Waals surface area contributed by atoms with Crippen LogP contribution < -0.4 is 129 Å². The number of likely N-dealkylation sites (tertiary alicyclic amines) is 3. The van der Waals surface area contributed by atoms with E-state index in [1.165, 1.54) is 42.0 Å². The van der Waals surface area contributed by atoms with Crippen LogP contribution in [0.5, 0.6) is 0 Å². The molecule has 10 rings (SSSR count). The topological polar surface area (TPSA) is 432 Å². The minimum absolute atomic E-state index is 0. The Labute approximate surface area is 931 Å². The fourth-order valence-corrected chi connectivity index (χ4v) is 13.4. The van der Waals surface area contributed by atoms with Gasteiger partial charge >= 0.3 is 151 Å². The van der Waals surface area contributed by atoms with Gasteiger partial charge in [0.25, 0.3) is 6.47 Å². The van der Waals surface area contributed by atoms with Crippen LogP contribution in [0.4, 0.5) is 39.5 Å². The maximum atomic E-state index is 12.7. The average molecular weight is 2140 g/mol. The zero-order chi connectivity index (χ0) is 104. The standard InChI is InChI=1S/C22H38N6O4.C16H22N2O3.C16H24N2O2.C15H22ClN3O4.C14H17NO4.C7H17N3.C3H8.C2H3N.CH3I.CH2O3.2K.H/c1-21(2,3)31-19(29)28(20(30)32-22(4,5)6)13-16-11-24-18(25-12-16)27-10-9-23-17(15-27)14-26(7)8;1-17(2)15(19)14-10-6-7-11-18(14)16(20)21-12-13-8-4-3-5-9-13;1-17(2)12-15-10-6-7-11-18(15)16(19)20-13-14-8-4-3-5-9-14;1-14(2,3)22-12(20)19(13(21)23-15(4,5)6)9-10-7-17-11(16)18-8-10;16-13(17)12-8-4-5-9-15(12)14(18)19-10-11-6-2-1-3-7-11;1-10(2)6-7-5-8-3-4-9-7;1-3-2;1-2-3;1-2;2-1-4-3;;;/h11-12,17,23H,9-10,13-15H2,1-8H3;3-5,8-9,14H,6-7,10-12H2,1-2H3;3-5,8-9,15H,6-7,10-13H2,1-2H3;7-8H,9H2,1-6H3;1-3,6-7,12H,4-5,8-10H2,(H,16,17);7-9H,3-6H2,1-2H3;3H2,1-2H3;1H3;1H3;1,3H;;;/q;;;;;;;;;;2*+1;-1/p-1/t17-;14-;15-;;12-;7-;;;;;;;/m011.11......./s1/i;;;;;;;;1D;;;;. The number of piperidine rings is 3. The number of ether oxygens (including phenoxy) is 7. The molecule has 0 unspecified atom stereocenters. The van der Waals surface area contributed by atoms with Crippen molar-refractivity contribution in [2.75, 3.05) is 145 Å². The maximum absolute atomic E-state index is 12.7. The predicted octanol–water partition coefficient (Wildman–Crippen LogP) is 8.22. The van der Waals surface area contributed by atoms with Crippen molar-refractivity contribution >= 4 is 101 Å². The third kappa shape index (κ3) is 61.5. The number of carbonyl (C=O) groups is 10. The SMILES string of the molecule is CC#N.CC(C)(C)OC(=O)N(Cc1cnc(Cl)nc1)C(=O)OC(C)(C)C.CCC.CN(C)C(=O)[C@H]1CCCCN1C(=O)OCc1ccccc1.CN(C)C[C@H]1CCCCN1C(=O)OCc1ccccc1.CN(C)C[C@H]1CN(c2ncc(CN(C(=O)OC(C)(C)C)C(=O)OC(C)(C)C)cn2)CCN1.CN(C)C[C@H]1CNCCN1.O=C(O)[C@H]1CCCCN1C(=O)OCc1ccccc1.O=CO[O-].[2H]CI.[H-].[K+].[K+]. The number of hydrogen-bond donors (Lipinski definition) is 4. The number of nitrogens with one attached hydrogen (secondary N) is 3. The summed E-state index contributed by atoms with van der Waals surface area (Å²) in [5.41, 5.74) is 1.00. The number of alkyl halides is 1. The predicted molar refractivity (Wildman–Crippen MR) is 534 cm³/mol. The van der Waals surface area contributed by atoms with Gasteiger partial charge in [-0.15, -0.1) is 0 Å². The van der Waals surface area contributed by atoms with E-state index >= 15 is 0 Å². The van der Waals surface area contributed by atoms with Gasteiger partial charge in [-0.25, -0.2) is 68.1 Å². The molecule has 2 aromatic heterocycles. The molecule has 8 amide bonds. The van der Waals surface area contributed by atoms with E-state index in [0.717, 1.165) is 130 Å². The number of nitrogens with zero attached hydrogens (tertiary/aromatic N) is 15. The van der Waals surface area contributed by atoms with Crippen LogP contribution in [-0.4, -0.2) is 323 Å². The summed E-state index contributed by atoms with van der Waals surface area (Å²) in [6, 6.07) is 30.6. The Morgan fingerprint density at radius 3 is 1.20 bits per heavy atom. The van der Waals surface area contributed by atoms with Crippen molar-refractivity contribution < 1.29 is 202 Å². The number of carboxylic acid groups (broad SMARTS) is 1. The zero-order valence-electron chi connectivity index (χ0n) is 88.9. The minimum Gasteiger partial charge on any atom is -1.00 e. The van der Waals surface area contributed by atoms with Crippen molar-refractivity contribution in [1.82, 2.24) is 80.0 Å². The second-order valence-electron chi connectivity index (χ2n) is 37.2. The molecule has 3 aromatic carbocycles. The van der Waals surface area contributed by atoms with E-state index in [-0.39, 0.29) is 160 Å². The molecule has 38 nitrogen and oxygen atoms in total. The van der Waals surface area contributed by atoms with E-state index in [4.69, 9.17) is 66.5 Å². The van der Waals surface area contributed by atoms with Gasteiger partial charge in [-0.2, -0.15) is 5.26 Å². The van der Waals surface area contributed by atoms with Crippen molar-refractivity contribution in [3.8, 4) is 6.07 Å². The molecule has 0 saturated carbocycles. The van der Waals surface area contributed by atoms with Crippen LogP contribution in [0.1, 0.15) is 199 Å². The summed E-state index contributed by atoms with van der Waals surface area (Å²) in [6.45, 7) is 37.5. The van der Waals surface area contributed by atoms with E-state index in [9.17, 15) is 43.2 Å². The Bertz CT molecular complexity index is 4270. The number of aliphatic carboxylic acids is 1. The first-order chi connectivity index (χ1) is 65.0. The molecule has 5 fully saturated rings. The Morgan fingerprint density at radius 2 is 0.863 bits per heavy atom. The third-order valence-electron chi connectivity index (χ3n) is 18.9. The van der Waals surface area contributed by atoms with Gasteiger partial charge in [0.2, 0.25) is 17.1 Å². The largest absolute Gasteiger partial charge is 1.00 e. The quantitative estimate of drug-likeness (QED) is 0.00832. The number of anilines is 1. The molecule has 0 aliphatic carbocycles. The molecule has 7 heterocycles. The molecule has 5 aliphatic heterocycles. The summed E-state index contributed by atoms with van der Waals surface area (Å²) >= 11 is 7.58. The summed E-state index contributed by atoms with van der Waals surface area (Å²) in [4.78, 5) is 155. The van der Waals surface area contributed by atoms with Crippen molar-refractivity contribution in [3.63, 3.8) is 0 Å². The fourth-order valence-electron chi connectivity index (χ4n) is 13.3. The molecular formula is C97H156ClIK2N18O20. The van der Waals surface area contributed by atoms with Crippen LogP contribution in [0.25, 0.3) is 0 Å². The van der Waals surface area contributed by atoms with Gasteiger partial charge in [-0.05, 0) is 216 Å². The molecule has 5 aliphatic rings. The number of aromatic nitrogens is 4. The van der Waals surface area contributed by atoms with E-state index in [0.29, 0.717) is 66.6 Å². The number of likely N-dealkylation sites (N-methyl/N-ethyl adjacent to an activating group) is 4. The van der Waals surface area contributed by atoms with Gasteiger partial charge in [-0.3, -0.25) is 19.4 Å². The molecule has 4 N–H and O–H groups in total. The number of amides is 8. The Balaban J connectivity index is -0.00000160. The number of benzene rings is 3. The average Bonchev–Trinajstić information content (AvgIpc) is 0.835. The van der Waals surface area contributed by atoms with Crippen LogP contribution in [0, 0.1) is 11.3 Å². The van der Waals surface area contributed by atoms with Gasteiger partial charge < -0.3 is 95.2 Å². The smallest absolute Gasteiger partial charge is 1.00 e. The molecule has 5 saturated heterocycles. The monoisotopic (exact) mass is 2130 g/mol. The number of carboxylic acids is 1. The summed E-state index contributed by atoms with van der Waals surface area (Å²) in [5.74, 6) is -0.372. The molecular weight excluding hydrogens is 1980 g/mol. The van der Waals surface area contributed by atoms with Crippen LogP contribution in [0.2, 0.25) is 5.28 Å². The number of hydrogen-bond acceptors (Lipinski definition) is 31. The molecule has 42 heteroatoms. The molecule has 0 spiro atoms. The normalized spacial score (nSPS) is 16.5. The summed E-state index contributed by atoms with van der Waals surface area (Å²) < 4.78 is 43.5. The van der Waals surface area contributed by atoms with E-state index in [1.807, 2.05) is 147 Å². The van der Waals surface area contributed by atoms with Gasteiger partial charge in [0, 0.05) is 155 Å². The van der Waals surface area contributed by atoms with Crippen molar-refractivity contribution in [3.05, 3.63) is 149 Å². The van der Waals surface area contributed by atoms with Crippen molar-refractivity contribution in [2.45, 2.75) is 254 Å². The number of piperazine rings is 2. The zero-order valence-corrected chi connectivity index (χ0v) is 96.1. The number of carbonyl (C=O) groups excluding carboxylic acids is 9. The number of halogens is 2. The molecule has 5 aromatic rings. The third-order valence-corrected chi connectivity index (χ3v) is 19.1. The second kappa shape index (κ2) is 73.8. The molecule has 0 bridgehead atoms. The number of imide groups is 2. The minimum atomic E-state index is -0.962. The van der Waals surface area contributed by atoms with Crippen LogP contribution in [-0.2, 0) is 85.3 Å². The van der Waals surface area contributed by atoms with Crippen molar-refractivity contribution in [2.24, 2.45) is 0 Å². The molecule has 139 heavy (non-hydrogen) atoms. The Kier molecular flexibility index (Phi) is 70.0. The van der Waals surface area contributed by atoms with Gasteiger partial charge in [0.05, 0.1) is 19.2 Å². The number of rotatable bonds is 20.